The smallest absolute Gasteiger partial charge is 0.258 e. The second kappa shape index (κ2) is 9.19. The van der Waals surface area contributed by atoms with Gasteiger partial charge in [0.2, 0.25) is 5.91 Å². The summed E-state index contributed by atoms with van der Waals surface area (Å²) in [6, 6.07) is 24.0. The number of nitrogens with zero attached hydrogens (tertiary/aromatic N) is 1. The van der Waals surface area contributed by atoms with E-state index in [1.54, 1.807) is 30.1 Å². The molecule has 0 fully saturated rings. The molecule has 0 unspecified atom stereocenters. The molecular formula is C22H20BrN3O2. The maximum absolute atomic E-state index is 12.7. The molecule has 0 atom stereocenters. The molecule has 0 aliphatic rings. The zero-order chi connectivity index (χ0) is 19.9. The number of carbonyl (C=O) groups is 2. The lowest BCUT2D eigenvalue weighted by atomic mass is 10.1. The first-order chi connectivity index (χ1) is 13.5. The number of para-hydroxylation sites is 1. The topological polar surface area (TPSA) is 61.4 Å². The van der Waals surface area contributed by atoms with E-state index < -0.39 is 0 Å². The second-order valence-electron chi connectivity index (χ2n) is 6.19. The highest BCUT2D eigenvalue weighted by Gasteiger charge is 2.13. The van der Waals surface area contributed by atoms with Crippen LogP contribution in [0.3, 0.4) is 0 Å². The summed E-state index contributed by atoms with van der Waals surface area (Å²) in [6.45, 7) is 0.0959. The first kappa shape index (κ1) is 19.6. The summed E-state index contributed by atoms with van der Waals surface area (Å²) in [5, 5.41) is 5.88. The Labute approximate surface area is 172 Å². The Balaban J connectivity index is 1.61. The molecule has 3 aromatic carbocycles. The van der Waals surface area contributed by atoms with Crippen LogP contribution in [0, 0.1) is 0 Å². The summed E-state index contributed by atoms with van der Waals surface area (Å²) in [5.41, 5.74) is 2.79. The van der Waals surface area contributed by atoms with E-state index in [9.17, 15) is 9.59 Å². The number of hydrogen-bond acceptors (Lipinski definition) is 3. The van der Waals surface area contributed by atoms with Gasteiger partial charge < -0.3 is 15.5 Å². The number of rotatable bonds is 6. The third-order valence-electron chi connectivity index (χ3n) is 4.12. The van der Waals surface area contributed by atoms with E-state index in [4.69, 9.17) is 0 Å². The Morgan fingerprint density at radius 1 is 0.893 bits per heavy atom. The van der Waals surface area contributed by atoms with Crippen molar-refractivity contribution in [3.05, 3.63) is 88.9 Å². The fourth-order valence-corrected chi connectivity index (χ4v) is 3.08. The first-order valence-corrected chi connectivity index (χ1v) is 9.55. The van der Waals surface area contributed by atoms with Gasteiger partial charge in [0.25, 0.3) is 5.91 Å². The summed E-state index contributed by atoms with van der Waals surface area (Å²) >= 11 is 3.37. The van der Waals surface area contributed by atoms with Crippen molar-refractivity contribution in [3.8, 4) is 0 Å². The van der Waals surface area contributed by atoms with E-state index in [0.717, 1.165) is 15.8 Å². The fraction of sp³-hybridized carbons (Fsp3) is 0.0909. The minimum Gasteiger partial charge on any atom is -0.376 e. The molecular weight excluding hydrogens is 418 g/mol. The van der Waals surface area contributed by atoms with Gasteiger partial charge in [0.1, 0.15) is 0 Å². The summed E-state index contributed by atoms with van der Waals surface area (Å²) in [7, 11) is 1.74. The van der Waals surface area contributed by atoms with Crippen LogP contribution in [0.5, 0.6) is 0 Å². The molecule has 6 heteroatoms. The van der Waals surface area contributed by atoms with E-state index in [0.29, 0.717) is 11.3 Å². The van der Waals surface area contributed by atoms with E-state index in [1.165, 1.54) is 0 Å². The molecule has 0 spiro atoms. The SMILES string of the molecule is CN(C(=O)c1cccc(NCC(=O)Nc2cccc(Br)c2)c1)c1ccccc1. The van der Waals surface area contributed by atoms with Crippen molar-refractivity contribution in [1.29, 1.82) is 0 Å². The van der Waals surface area contributed by atoms with Crippen molar-refractivity contribution < 1.29 is 9.59 Å². The normalized spacial score (nSPS) is 10.2. The maximum atomic E-state index is 12.7. The van der Waals surface area contributed by atoms with Gasteiger partial charge in [0.15, 0.2) is 0 Å². The van der Waals surface area contributed by atoms with E-state index in [-0.39, 0.29) is 18.4 Å². The fourth-order valence-electron chi connectivity index (χ4n) is 2.68. The number of nitrogens with one attached hydrogen (secondary N) is 2. The molecule has 0 aliphatic carbocycles. The number of hydrogen-bond donors (Lipinski definition) is 2. The molecule has 2 amide bonds. The standard InChI is InChI=1S/C22H20BrN3O2/c1-26(20-11-3-2-4-12-20)22(28)16-7-5-9-18(13-16)24-15-21(27)25-19-10-6-8-17(23)14-19/h2-14,24H,15H2,1H3,(H,25,27). The monoisotopic (exact) mass is 437 g/mol. The Morgan fingerprint density at radius 2 is 1.61 bits per heavy atom. The quantitative estimate of drug-likeness (QED) is 0.583. The summed E-state index contributed by atoms with van der Waals surface area (Å²) in [5.74, 6) is -0.287. The van der Waals surface area contributed by atoms with Crippen molar-refractivity contribution >= 4 is 44.8 Å². The summed E-state index contributed by atoms with van der Waals surface area (Å²) in [6.07, 6.45) is 0. The van der Waals surface area contributed by atoms with Crippen LogP contribution in [-0.4, -0.2) is 25.4 Å². The number of amides is 2. The van der Waals surface area contributed by atoms with Gasteiger partial charge in [0.05, 0.1) is 6.54 Å². The second-order valence-corrected chi connectivity index (χ2v) is 7.11. The van der Waals surface area contributed by atoms with Crippen molar-refractivity contribution in [2.75, 3.05) is 29.1 Å². The largest absolute Gasteiger partial charge is 0.376 e. The number of anilines is 3. The Kier molecular flexibility index (Phi) is 6.45. The van der Waals surface area contributed by atoms with Crippen molar-refractivity contribution in [1.82, 2.24) is 0 Å². The van der Waals surface area contributed by atoms with Gasteiger partial charge >= 0.3 is 0 Å². The Hall–Kier alpha value is -3.12. The van der Waals surface area contributed by atoms with Crippen LogP contribution in [0.15, 0.2) is 83.3 Å². The molecule has 0 saturated carbocycles. The number of halogens is 1. The van der Waals surface area contributed by atoms with Crippen LogP contribution in [-0.2, 0) is 4.79 Å². The minimum absolute atomic E-state index is 0.0959. The zero-order valence-electron chi connectivity index (χ0n) is 15.4. The van der Waals surface area contributed by atoms with Crippen LogP contribution < -0.4 is 15.5 Å². The van der Waals surface area contributed by atoms with Gasteiger partial charge in [-0.25, -0.2) is 0 Å². The van der Waals surface area contributed by atoms with Crippen LogP contribution in [0.25, 0.3) is 0 Å². The summed E-state index contributed by atoms with van der Waals surface area (Å²) in [4.78, 5) is 26.5. The highest BCUT2D eigenvalue weighted by molar-refractivity contribution is 9.10. The predicted octanol–water partition coefficient (Wildman–Crippen LogP) is 4.78. The molecule has 0 bridgehead atoms. The number of benzene rings is 3. The maximum Gasteiger partial charge on any atom is 0.258 e. The zero-order valence-corrected chi connectivity index (χ0v) is 16.9. The molecule has 5 nitrogen and oxygen atoms in total. The van der Waals surface area contributed by atoms with Gasteiger partial charge in [-0.05, 0) is 48.5 Å². The van der Waals surface area contributed by atoms with E-state index in [2.05, 4.69) is 26.6 Å². The molecule has 0 saturated heterocycles. The lowest BCUT2D eigenvalue weighted by molar-refractivity contribution is -0.114. The van der Waals surface area contributed by atoms with Crippen LogP contribution in [0.1, 0.15) is 10.4 Å². The Morgan fingerprint density at radius 3 is 2.36 bits per heavy atom. The molecule has 142 valence electrons. The Bertz CT molecular complexity index is 976. The van der Waals surface area contributed by atoms with Crippen LogP contribution in [0.4, 0.5) is 17.1 Å². The van der Waals surface area contributed by atoms with Gasteiger partial charge in [-0.3, -0.25) is 9.59 Å². The van der Waals surface area contributed by atoms with Gasteiger partial charge in [-0.1, -0.05) is 46.3 Å². The van der Waals surface area contributed by atoms with Gasteiger partial charge in [-0.15, -0.1) is 0 Å². The van der Waals surface area contributed by atoms with Crippen molar-refractivity contribution in [3.63, 3.8) is 0 Å². The lowest BCUT2D eigenvalue weighted by Crippen LogP contribution is -2.26. The molecule has 0 aromatic heterocycles. The third-order valence-corrected chi connectivity index (χ3v) is 4.61. The summed E-state index contributed by atoms with van der Waals surface area (Å²) < 4.78 is 0.895. The third kappa shape index (κ3) is 5.20. The van der Waals surface area contributed by atoms with E-state index >= 15 is 0 Å². The molecule has 2 N–H and O–H groups in total. The van der Waals surface area contributed by atoms with Crippen LogP contribution >= 0.6 is 15.9 Å². The first-order valence-electron chi connectivity index (χ1n) is 8.75. The van der Waals surface area contributed by atoms with Gasteiger partial charge in [0, 0.05) is 34.1 Å². The molecule has 0 radical (unpaired) electrons. The number of carbonyl (C=O) groups excluding carboxylic acids is 2. The predicted molar refractivity (Wildman–Crippen MR) is 117 cm³/mol. The average molecular weight is 438 g/mol. The lowest BCUT2D eigenvalue weighted by Gasteiger charge is -2.18. The van der Waals surface area contributed by atoms with Gasteiger partial charge in [-0.2, -0.15) is 0 Å². The highest BCUT2D eigenvalue weighted by Crippen LogP contribution is 2.18. The van der Waals surface area contributed by atoms with Crippen molar-refractivity contribution in [2.45, 2.75) is 0 Å². The molecule has 3 rings (SSSR count). The van der Waals surface area contributed by atoms with Crippen molar-refractivity contribution in [2.24, 2.45) is 0 Å². The van der Waals surface area contributed by atoms with Crippen LogP contribution in [0.2, 0.25) is 0 Å². The minimum atomic E-state index is -0.170. The average Bonchev–Trinajstić information content (AvgIpc) is 2.72. The molecule has 28 heavy (non-hydrogen) atoms. The highest BCUT2D eigenvalue weighted by atomic mass is 79.9. The molecule has 0 heterocycles. The molecule has 3 aromatic rings. The van der Waals surface area contributed by atoms with E-state index in [1.807, 2.05) is 60.7 Å². The molecule has 0 aliphatic heterocycles.